The van der Waals surface area contributed by atoms with Crippen LogP contribution >= 0.6 is 0 Å². The predicted molar refractivity (Wildman–Crippen MR) is 87.4 cm³/mol. The van der Waals surface area contributed by atoms with Crippen molar-refractivity contribution in [3.8, 4) is 0 Å². The molecule has 0 amide bonds. The zero-order valence-corrected chi connectivity index (χ0v) is 13.4. The standard InChI is InChI=1S/C15H20FN7/c1-21(2)13-12(16)11-19-15(20-13)23-8-4-7-22(9-10-23)14-17-5-3-6-18-14/h3,5-6,11H,4,7-10H2,1-2H3. The van der Waals surface area contributed by atoms with E-state index in [0.717, 1.165) is 38.5 Å². The number of anilines is 3. The second-order valence-corrected chi connectivity index (χ2v) is 5.61. The SMILES string of the molecule is CN(C)c1nc(N2CCCN(c3ncccn3)CC2)ncc1F. The highest BCUT2D eigenvalue weighted by atomic mass is 19.1. The zero-order chi connectivity index (χ0) is 16.2. The number of hydrogen-bond acceptors (Lipinski definition) is 7. The first-order valence-corrected chi connectivity index (χ1v) is 7.62. The summed E-state index contributed by atoms with van der Waals surface area (Å²) >= 11 is 0. The number of aromatic nitrogens is 4. The summed E-state index contributed by atoms with van der Waals surface area (Å²) in [7, 11) is 3.54. The van der Waals surface area contributed by atoms with E-state index in [1.54, 1.807) is 31.4 Å². The van der Waals surface area contributed by atoms with Crippen LogP contribution in [0.1, 0.15) is 6.42 Å². The molecular formula is C15H20FN7. The summed E-state index contributed by atoms with van der Waals surface area (Å²) in [6, 6.07) is 1.81. The molecule has 0 unspecified atom stereocenters. The molecule has 0 N–H and O–H groups in total. The molecule has 7 nitrogen and oxygen atoms in total. The van der Waals surface area contributed by atoms with Crippen LogP contribution in [0.15, 0.2) is 24.7 Å². The lowest BCUT2D eigenvalue weighted by molar-refractivity contribution is 0.609. The Kier molecular flexibility index (Phi) is 4.50. The average molecular weight is 317 g/mol. The van der Waals surface area contributed by atoms with Crippen molar-refractivity contribution in [1.82, 2.24) is 19.9 Å². The van der Waals surface area contributed by atoms with Gasteiger partial charge in [0.1, 0.15) is 0 Å². The Morgan fingerprint density at radius 1 is 0.957 bits per heavy atom. The molecule has 0 aliphatic carbocycles. The van der Waals surface area contributed by atoms with Crippen molar-refractivity contribution < 1.29 is 4.39 Å². The van der Waals surface area contributed by atoms with Crippen LogP contribution in [0.3, 0.4) is 0 Å². The van der Waals surface area contributed by atoms with Crippen molar-refractivity contribution in [3.05, 3.63) is 30.5 Å². The van der Waals surface area contributed by atoms with Gasteiger partial charge in [0.25, 0.3) is 0 Å². The maximum atomic E-state index is 13.7. The van der Waals surface area contributed by atoms with Crippen molar-refractivity contribution in [1.29, 1.82) is 0 Å². The third kappa shape index (κ3) is 3.46. The topological polar surface area (TPSA) is 61.3 Å². The second-order valence-electron chi connectivity index (χ2n) is 5.61. The van der Waals surface area contributed by atoms with Gasteiger partial charge in [-0.15, -0.1) is 0 Å². The van der Waals surface area contributed by atoms with E-state index in [0.29, 0.717) is 11.8 Å². The summed E-state index contributed by atoms with van der Waals surface area (Å²) in [5, 5.41) is 0. The lowest BCUT2D eigenvalue weighted by Gasteiger charge is -2.23. The van der Waals surface area contributed by atoms with E-state index in [1.807, 2.05) is 6.07 Å². The molecule has 1 fully saturated rings. The molecule has 0 aromatic carbocycles. The third-order valence-electron chi connectivity index (χ3n) is 3.75. The minimum atomic E-state index is -0.409. The molecule has 23 heavy (non-hydrogen) atoms. The molecule has 0 atom stereocenters. The fraction of sp³-hybridized carbons (Fsp3) is 0.467. The molecule has 0 bridgehead atoms. The van der Waals surface area contributed by atoms with Crippen molar-refractivity contribution in [3.63, 3.8) is 0 Å². The van der Waals surface area contributed by atoms with E-state index >= 15 is 0 Å². The highest BCUT2D eigenvalue weighted by Crippen LogP contribution is 2.19. The van der Waals surface area contributed by atoms with E-state index in [-0.39, 0.29) is 0 Å². The monoisotopic (exact) mass is 317 g/mol. The normalized spacial score (nSPS) is 15.4. The summed E-state index contributed by atoms with van der Waals surface area (Å²) in [5.41, 5.74) is 0. The molecule has 1 aliphatic rings. The zero-order valence-electron chi connectivity index (χ0n) is 13.4. The van der Waals surface area contributed by atoms with Crippen LogP contribution in [0.25, 0.3) is 0 Å². The van der Waals surface area contributed by atoms with Gasteiger partial charge in [0.05, 0.1) is 6.20 Å². The first-order valence-electron chi connectivity index (χ1n) is 7.62. The van der Waals surface area contributed by atoms with E-state index in [9.17, 15) is 4.39 Å². The van der Waals surface area contributed by atoms with Crippen molar-refractivity contribution in [2.45, 2.75) is 6.42 Å². The predicted octanol–water partition coefficient (Wildman–Crippen LogP) is 1.19. The lowest BCUT2D eigenvalue weighted by atomic mass is 10.4. The molecule has 0 radical (unpaired) electrons. The van der Waals surface area contributed by atoms with Gasteiger partial charge in [0.15, 0.2) is 11.6 Å². The Morgan fingerprint density at radius 3 is 2.26 bits per heavy atom. The van der Waals surface area contributed by atoms with Gasteiger partial charge in [-0.3, -0.25) is 0 Å². The first kappa shape index (κ1) is 15.4. The van der Waals surface area contributed by atoms with Crippen LogP contribution in [0.5, 0.6) is 0 Å². The van der Waals surface area contributed by atoms with Gasteiger partial charge < -0.3 is 14.7 Å². The average Bonchev–Trinajstić information content (AvgIpc) is 2.82. The molecule has 2 aromatic heterocycles. The Labute approximate surface area is 134 Å². The summed E-state index contributed by atoms with van der Waals surface area (Å²) < 4.78 is 13.7. The maximum Gasteiger partial charge on any atom is 0.227 e. The van der Waals surface area contributed by atoms with Crippen LogP contribution < -0.4 is 14.7 Å². The highest BCUT2D eigenvalue weighted by Gasteiger charge is 2.20. The summed E-state index contributed by atoms with van der Waals surface area (Å²) in [4.78, 5) is 23.0. The smallest absolute Gasteiger partial charge is 0.227 e. The first-order chi connectivity index (χ1) is 11.1. The molecule has 2 aromatic rings. The molecule has 0 spiro atoms. The van der Waals surface area contributed by atoms with Crippen LogP contribution in [0, 0.1) is 5.82 Å². The number of halogens is 1. The Bertz CT molecular complexity index is 650. The number of rotatable bonds is 3. The number of hydrogen-bond donors (Lipinski definition) is 0. The maximum absolute atomic E-state index is 13.7. The lowest BCUT2D eigenvalue weighted by Crippen LogP contribution is -2.32. The minimum absolute atomic E-state index is 0.308. The minimum Gasteiger partial charge on any atom is -0.360 e. The van der Waals surface area contributed by atoms with Crippen LogP contribution in [0.2, 0.25) is 0 Å². The number of nitrogens with zero attached hydrogens (tertiary/aromatic N) is 7. The largest absolute Gasteiger partial charge is 0.360 e. The van der Waals surface area contributed by atoms with Crippen LogP contribution in [-0.2, 0) is 0 Å². The van der Waals surface area contributed by atoms with E-state index in [1.165, 1.54) is 6.20 Å². The van der Waals surface area contributed by atoms with Crippen molar-refractivity contribution in [2.75, 3.05) is 55.0 Å². The van der Waals surface area contributed by atoms with Gasteiger partial charge in [0.2, 0.25) is 11.9 Å². The fourth-order valence-corrected chi connectivity index (χ4v) is 2.59. The van der Waals surface area contributed by atoms with Crippen LogP contribution in [-0.4, -0.2) is 60.2 Å². The summed E-state index contributed by atoms with van der Waals surface area (Å²) in [6.07, 6.45) is 5.67. The molecule has 3 heterocycles. The molecule has 122 valence electrons. The quantitative estimate of drug-likeness (QED) is 0.842. The summed E-state index contributed by atoms with van der Waals surface area (Å²) in [6.45, 7) is 3.23. The van der Waals surface area contributed by atoms with Gasteiger partial charge in [0, 0.05) is 52.7 Å². The van der Waals surface area contributed by atoms with Gasteiger partial charge in [-0.05, 0) is 12.5 Å². The van der Waals surface area contributed by atoms with Gasteiger partial charge >= 0.3 is 0 Å². The van der Waals surface area contributed by atoms with Crippen LogP contribution in [0.4, 0.5) is 22.1 Å². The molecular weight excluding hydrogens is 297 g/mol. The van der Waals surface area contributed by atoms with Gasteiger partial charge in [-0.2, -0.15) is 4.98 Å². The molecule has 3 rings (SSSR count). The highest BCUT2D eigenvalue weighted by molar-refractivity contribution is 5.44. The van der Waals surface area contributed by atoms with Gasteiger partial charge in [-0.1, -0.05) is 0 Å². The van der Waals surface area contributed by atoms with Crippen molar-refractivity contribution >= 4 is 17.7 Å². The fourth-order valence-electron chi connectivity index (χ4n) is 2.59. The third-order valence-corrected chi connectivity index (χ3v) is 3.75. The van der Waals surface area contributed by atoms with Crippen molar-refractivity contribution in [2.24, 2.45) is 0 Å². The van der Waals surface area contributed by atoms with E-state index in [4.69, 9.17) is 0 Å². The molecule has 1 saturated heterocycles. The molecule has 1 aliphatic heterocycles. The Morgan fingerprint density at radius 2 is 1.61 bits per heavy atom. The van der Waals surface area contributed by atoms with E-state index in [2.05, 4.69) is 29.7 Å². The van der Waals surface area contributed by atoms with Gasteiger partial charge in [-0.25, -0.2) is 19.3 Å². The Balaban J connectivity index is 1.74. The Hall–Kier alpha value is -2.51. The molecule has 0 saturated carbocycles. The second kappa shape index (κ2) is 6.72. The van der Waals surface area contributed by atoms with E-state index < -0.39 is 5.82 Å². The summed E-state index contributed by atoms with van der Waals surface area (Å²) in [5.74, 6) is 1.20. The molecule has 8 heteroatoms.